The summed E-state index contributed by atoms with van der Waals surface area (Å²) in [5.74, 6) is -5.45. The second kappa shape index (κ2) is 13.0. The first-order valence-electron chi connectivity index (χ1n) is 15.0. The number of aliphatic hydroxyl groups is 2. The van der Waals surface area contributed by atoms with E-state index in [1.807, 2.05) is 0 Å². The van der Waals surface area contributed by atoms with Crippen molar-refractivity contribution in [2.24, 2.45) is 11.5 Å². The fourth-order valence-corrected chi connectivity index (χ4v) is 6.36. The molecule has 2 aromatic carbocycles. The maximum Gasteiger partial charge on any atom is 0.306 e. The largest absolute Gasteiger partial charge is 0.507 e. The molecule has 0 aromatic heterocycles. The van der Waals surface area contributed by atoms with Gasteiger partial charge in [-0.15, -0.1) is 0 Å². The Balaban J connectivity index is 1.55. The van der Waals surface area contributed by atoms with Crippen LogP contribution in [0, 0.1) is 0 Å². The van der Waals surface area contributed by atoms with Crippen LogP contribution >= 0.6 is 0 Å². The predicted octanol–water partition coefficient (Wildman–Crippen LogP) is 0.208. The number of phenols is 2. The van der Waals surface area contributed by atoms with Crippen LogP contribution in [0.1, 0.15) is 88.1 Å². The quantitative estimate of drug-likeness (QED) is 0.126. The summed E-state index contributed by atoms with van der Waals surface area (Å²) >= 11 is 0. The first kappa shape index (κ1) is 33.9. The minimum atomic E-state index is -2.37. The van der Waals surface area contributed by atoms with Crippen LogP contribution < -0.4 is 16.2 Å². The molecule has 3 aliphatic rings. The van der Waals surface area contributed by atoms with Gasteiger partial charge in [0.2, 0.25) is 17.5 Å². The number of methoxy groups -OCH3 is 1. The zero-order chi connectivity index (χ0) is 34.4. The standard InChI is InChI=1S/C32H36N2O13/c1-13-27(38)16(33)9-22(46-13)47-18-11-32(43,19(35)12-45-21(37)8-4-7-20(34)36)10-15-24(18)31(42)26-25(29(15)40)28(39)14-5-3-6-17(44-2)23(14)30(26)41/h3,5-6,13,16,18,22,27,38,40,42-43H,4,7-12,33H2,1-2H3,(H2,34,36)/t13?,16-,18-,22-,27+,32-/m0/s1. The molecule has 8 N–H and O–H groups in total. The number of carbonyl (C=O) groups is 5. The third-order valence-corrected chi connectivity index (χ3v) is 8.83. The van der Waals surface area contributed by atoms with Gasteiger partial charge < -0.3 is 50.8 Å². The molecule has 47 heavy (non-hydrogen) atoms. The highest BCUT2D eigenvalue weighted by molar-refractivity contribution is 6.31. The summed E-state index contributed by atoms with van der Waals surface area (Å²) in [5.41, 5.74) is 7.09. The van der Waals surface area contributed by atoms with Crippen molar-refractivity contribution in [1.29, 1.82) is 0 Å². The van der Waals surface area contributed by atoms with E-state index in [0.717, 1.165) is 0 Å². The number of ether oxygens (including phenoxy) is 4. The van der Waals surface area contributed by atoms with Crippen LogP contribution in [-0.2, 0) is 35.0 Å². The number of Topliss-reactive ketones (excluding diaryl/α,β-unsaturated/α-hetero) is 1. The Labute approximate surface area is 268 Å². The molecule has 15 heteroatoms. The van der Waals surface area contributed by atoms with Gasteiger partial charge in [0.15, 0.2) is 18.7 Å². The molecule has 0 bridgehead atoms. The third kappa shape index (κ3) is 6.19. The molecule has 2 aromatic rings. The Morgan fingerprint density at radius 1 is 1.06 bits per heavy atom. The Bertz CT molecular complexity index is 1640. The molecule has 1 amide bonds. The average molecular weight is 657 g/mol. The molecule has 1 unspecified atom stereocenters. The van der Waals surface area contributed by atoms with E-state index in [-0.39, 0.29) is 53.7 Å². The molecular weight excluding hydrogens is 620 g/mol. The summed E-state index contributed by atoms with van der Waals surface area (Å²) in [4.78, 5) is 64.1. The Morgan fingerprint density at radius 2 is 1.77 bits per heavy atom. The SMILES string of the molecule is COc1cccc2c1C(=O)c1c(O)c3c(c(O)c1C2=O)C[C@@](O)(C(=O)COC(=O)CCCC(N)=O)C[C@@H]3O[C@H]1C[C@H](N)[C@H](O)C(C)O1. The van der Waals surface area contributed by atoms with Crippen LogP contribution in [-0.4, -0.2) is 93.5 Å². The molecular formula is C32H36N2O13. The maximum atomic E-state index is 13.8. The number of fused-ring (bicyclic) bond motifs is 3. The molecule has 252 valence electrons. The van der Waals surface area contributed by atoms with Gasteiger partial charge in [0.05, 0.1) is 42.1 Å². The van der Waals surface area contributed by atoms with E-state index in [4.69, 9.17) is 30.4 Å². The van der Waals surface area contributed by atoms with Gasteiger partial charge in [0.1, 0.15) is 22.8 Å². The van der Waals surface area contributed by atoms with Crippen LogP contribution in [0.4, 0.5) is 0 Å². The summed E-state index contributed by atoms with van der Waals surface area (Å²) in [5, 5.41) is 45.2. The van der Waals surface area contributed by atoms with Crippen LogP contribution in [0.2, 0.25) is 0 Å². The highest BCUT2D eigenvalue weighted by Gasteiger charge is 2.50. The van der Waals surface area contributed by atoms with Gasteiger partial charge in [-0.3, -0.25) is 24.0 Å². The third-order valence-electron chi connectivity index (χ3n) is 8.83. The van der Waals surface area contributed by atoms with Gasteiger partial charge in [0, 0.05) is 54.8 Å². The summed E-state index contributed by atoms with van der Waals surface area (Å²) in [6.07, 6.45) is -5.81. The smallest absolute Gasteiger partial charge is 0.306 e. The van der Waals surface area contributed by atoms with Gasteiger partial charge >= 0.3 is 5.97 Å². The number of benzene rings is 2. The summed E-state index contributed by atoms with van der Waals surface area (Å²) in [6, 6.07) is 3.52. The minimum Gasteiger partial charge on any atom is -0.507 e. The number of rotatable bonds is 10. The molecule has 6 atom stereocenters. The van der Waals surface area contributed by atoms with Gasteiger partial charge in [-0.1, -0.05) is 12.1 Å². The lowest BCUT2D eigenvalue weighted by Gasteiger charge is -2.42. The van der Waals surface area contributed by atoms with Crippen molar-refractivity contribution >= 4 is 29.2 Å². The Kier molecular flexibility index (Phi) is 9.39. The summed E-state index contributed by atoms with van der Waals surface area (Å²) in [7, 11) is 1.31. The number of hydrogen-bond donors (Lipinski definition) is 6. The van der Waals surface area contributed by atoms with Crippen molar-refractivity contribution in [3.63, 3.8) is 0 Å². The number of ketones is 3. The van der Waals surface area contributed by atoms with Crippen LogP contribution in [0.25, 0.3) is 0 Å². The number of phenolic OH excluding ortho intramolecular Hbond substituents is 2. The van der Waals surface area contributed by atoms with Crippen molar-refractivity contribution in [3.8, 4) is 17.2 Å². The minimum absolute atomic E-state index is 0.0354. The van der Waals surface area contributed by atoms with E-state index in [1.165, 1.54) is 25.3 Å². The molecule has 1 fully saturated rings. The molecule has 1 saturated heterocycles. The van der Waals surface area contributed by atoms with Gasteiger partial charge in [-0.2, -0.15) is 0 Å². The number of aliphatic hydroxyl groups excluding tert-OH is 1. The molecule has 0 saturated carbocycles. The van der Waals surface area contributed by atoms with Gasteiger partial charge in [-0.25, -0.2) is 0 Å². The fourth-order valence-electron chi connectivity index (χ4n) is 6.36. The molecule has 0 spiro atoms. The van der Waals surface area contributed by atoms with Crippen LogP contribution in [0.5, 0.6) is 17.2 Å². The Hall–Kier alpha value is -4.41. The number of hydrogen-bond acceptors (Lipinski definition) is 14. The second-order valence-corrected chi connectivity index (χ2v) is 12.0. The zero-order valence-electron chi connectivity index (χ0n) is 25.7. The normalized spacial score (nSPS) is 26.5. The van der Waals surface area contributed by atoms with Crippen LogP contribution in [0.3, 0.4) is 0 Å². The lowest BCUT2D eigenvalue weighted by Crippen LogP contribution is -2.53. The van der Waals surface area contributed by atoms with Crippen molar-refractivity contribution in [2.75, 3.05) is 13.7 Å². The fraction of sp³-hybridized carbons (Fsp3) is 0.469. The topological polar surface area (TPSA) is 255 Å². The maximum absolute atomic E-state index is 13.8. The zero-order valence-corrected chi connectivity index (χ0v) is 25.7. The molecule has 1 aliphatic heterocycles. The number of amides is 1. The van der Waals surface area contributed by atoms with Gasteiger partial charge in [0.25, 0.3) is 0 Å². The number of carbonyl (C=O) groups excluding carboxylic acids is 5. The predicted molar refractivity (Wildman–Crippen MR) is 159 cm³/mol. The summed E-state index contributed by atoms with van der Waals surface area (Å²) < 4.78 is 22.2. The molecule has 0 radical (unpaired) electrons. The highest BCUT2D eigenvalue weighted by Crippen LogP contribution is 2.52. The van der Waals surface area contributed by atoms with E-state index >= 15 is 0 Å². The number of primary amides is 1. The number of aromatic hydroxyl groups is 2. The highest BCUT2D eigenvalue weighted by atomic mass is 16.7. The number of nitrogens with two attached hydrogens (primary N) is 2. The lowest BCUT2D eigenvalue weighted by atomic mass is 9.72. The van der Waals surface area contributed by atoms with Crippen molar-refractivity contribution in [3.05, 3.63) is 51.6 Å². The molecule has 15 nitrogen and oxygen atoms in total. The van der Waals surface area contributed by atoms with Gasteiger partial charge in [-0.05, 0) is 19.4 Å². The van der Waals surface area contributed by atoms with Crippen molar-refractivity contribution < 1.29 is 63.3 Å². The van der Waals surface area contributed by atoms with E-state index in [1.54, 1.807) is 6.92 Å². The van der Waals surface area contributed by atoms with Crippen molar-refractivity contribution in [2.45, 2.75) is 81.7 Å². The van der Waals surface area contributed by atoms with E-state index in [9.17, 15) is 44.4 Å². The second-order valence-electron chi connectivity index (χ2n) is 12.0. The number of esters is 1. The van der Waals surface area contributed by atoms with Crippen LogP contribution in [0.15, 0.2) is 18.2 Å². The lowest BCUT2D eigenvalue weighted by molar-refractivity contribution is -0.247. The van der Waals surface area contributed by atoms with E-state index in [0.29, 0.717) is 0 Å². The monoisotopic (exact) mass is 656 g/mol. The summed E-state index contributed by atoms with van der Waals surface area (Å²) in [6.45, 7) is 0.672. The van der Waals surface area contributed by atoms with Crippen molar-refractivity contribution in [1.82, 2.24) is 0 Å². The molecule has 1 heterocycles. The first-order chi connectivity index (χ1) is 22.2. The molecule has 5 rings (SSSR count). The Morgan fingerprint density at radius 3 is 2.43 bits per heavy atom. The molecule has 2 aliphatic carbocycles. The van der Waals surface area contributed by atoms with E-state index < -0.39 is 108 Å². The average Bonchev–Trinajstić information content (AvgIpc) is 3.02. The van der Waals surface area contributed by atoms with E-state index in [2.05, 4.69) is 0 Å². The first-order valence-corrected chi connectivity index (χ1v) is 15.0.